The van der Waals surface area contributed by atoms with Crippen LogP contribution >= 0.6 is 0 Å². The predicted molar refractivity (Wildman–Crippen MR) is 58.6 cm³/mol. The fourth-order valence-electron chi connectivity index (χ4n) is 1.23. The summed E-state index contributed by atoms with van der Waals surface area (Å²) in [5, 5.41) is 0. The number of hydrogen-bond donors (Lipinski definition) is 0. The highest BCUT2D eigenvalue weighted by Crippen LogP contribution is 2.23. The fraction of sp³-hybridized carbons (Fsp3) is 0.250. The maximum Gasteiger partial charge on any atom is 0.330 e. The van der Waals surface area contributed by atoms with Crippen molar-refractivity contribution in [3.05, 3.63) is 35.4 Å². The van der Waals surface area contributed by atoms with Crippen molar-refractivity contribution in [2.24, 2.45) is 0 Å². The molecule has 0 aliphatic rings. The number of methoxy groups -OCH3 is 1. The summed E-state index contributed by atoms with van der Waals surface area (Å²) in [7, 11) is 1.18. The molecule has 0 radical (unpaired) electrons. The van der Waals surface area contributed by atoms with Crippen molar-refractivity contribution < 1.29 is 23.0 Å². The summed E-state index contributed by atoms with van der Waals surface area (Å²) in [6.07, 6.45) is 2.37. The summed E-state index contributed by atoms with van der Waals surface area (Å²) >= 11 is 0. The van der Waals surface area contributed by atoms with Gasteiger partial charge < -0.3 is 9.47 Å². The number of rotatable bonds is 4. The minimum absolute atomic E-state index is 0.217. The van der Waals surface area contributed by atoms with Gasteiger partial charge in [-0.15, -0.1) is 0 Å². The van der Waals surface area contributed by atoms with Crippen molar-refractivity contribution in [2.75, 3.05) is 13.7 Å². The number of ether oxygens (including phenoxy) is 2. The number of carbonyl (C=O) groups excluding carboxylic acids is 1. The van der Waals surface area contributed by atoms with E-state index in [-0.39, 0.29) is 12.2 Å². The molecule has 0 saturated heterocycles. The van der Waals surface area contributed by atoms with Crippen LogP contribution in [0, 0.1) is 11.6 Å². The van der Waals surface area contributed by atoms with E-state index in [1.165, 1.54) is 13.2 Å². The molecular formula is C12H12F2O3. The van der Waals surface area contributed by atoms with Gasteiger partial charge in [-0.1, -0.05) is 0 Å². The molecule has 0 aliphatic carbocycles. The van der Waals surface area contributed by atoms with Gasteiger partial charge >= 0.3 is 5.97 Å². The van der Waals surface area contributed by atoms with E-state index in [1.54, 1.807) is 6.92 Å². The Morgan fingerprint density at radius 2 is 1.94 bits per heavy atom. The molecule has 0 aliphatic heterocycles. The van der Waals surface area contributed by atoms with Gasteiger partial charge in [0.2, 0.25) is 0 Å². The molecule has 0 aromatic heterocycles. The van der Waals surface area contributed by atoms with Gasteiger partial charge in [0.1, 0.15) is 0 Å². The van der Waals surface area contributed by atoms with Gasteiger partial charge in [-0.05, 0) is 30.7 Å². The lowest BCUT2D eigenvalue weighted by molar-refractivity contribution is -0.137. The molecule has 1 rings (SSSR count). The Balaban J connectivity index is 2.90. The van der Waals surface area contributed by atoms with Crippen molar-refractivity contribution in [2.45, 2.75) is 6.92 Å². The minimum Gasteiger partial charge on any atom is -0.491 e. The zero-order chi connectivity index (χ0) is 12.8. The summed E-state index contributed by atoms with van der Waals surface area (Å²) in [6.45, 7) is 1.91. The Bertz CT molecular complexity index is 418. The van der Waals surface area contributed by atoms with Gasteiger partial charge in [0.15, 0.2) is 17.4 Å². The second-order valence-electron chi connectivity index (χ2n) is 3.10. The molecule has 1 aromatic rings. The Morgan fingerprint density at radius 3 is 2.41 bits per heavy atom. The normalized spacial score (nSPS) is 10.6. The molecule has 0 bridgehead atoms. The standard InChI is InChI=1S/C12H12F2O3/c1-3-17-11(15)5-4-8-6-9(13)12(16-2)10(14)7-8/h4-7H,3H2,1-2H3. The van der Waals surface area contributed by atoms with Crippen LogP contribution in [0.1, 0.15) is 12.5 Å². The van der Waals surface area contributed by atoms with Crippen LogP contribution in [0.2, 0.25) is 0 Å². The van der Waals surface area contributed by atoms with Gasteiger partial charge in [0, 0.05) is 6.08 Å². The van der Waals surface area contributed by atoms with Crippen molar-refractivity contribution in [1.82, 2.24) is 0 Å². The van der Waals surface area contributed by atoms with Gasteiger partial charge in [-0.25, -0.2) is 13.6 Å². The molecule has 3 nitrogen and oxygen atoms in total. The van der Waals surface area contributed by atoms with Gasteiger partial charge in [0.25, 0.3) is 0 Å². The Kier molecular flexibility index (Phi) is 4.63. The molecule has 0 N–H and O–H groups in total. The lowest BCUT2D eigenvalue weighted by atomic mass is 10.2. The largest absolute Gasteiger partial charge is 0.491 e. The Hall–Kier alpha value is -1.91. The van der Waals surface area contributed by atoms with E-state index in [4.69, 9.17) is 0 Å². The monoisotopic (exact) mass is 242 g/mol. The van der Waals surface area contributed by atoms with E-state index in [9.17, 15) is 13.6 Å². The van der Waals surface area contributed by atoms with E-state index < -0.39 is 23.4 Å². The van der Waals surface area contributed by atoms with Crippen LogP contribution in [0.4, 0.5) is 8.78 Å². The van der Waals surface area contributed by atoms with Gasteiger partial charge in [0.05, 0.1) is 13.7 Å². The average Bonchev–Trinajstić information content (AvgIpc) is 2.26. The molecule has 0 atom stereocenters. The molecule has 0 heterocycles. The van der Waals surface area contributed by atoms with E-state index in [1.807, 2.05) is 0 Å². The highest BCUT2D eigenvalue weighted by molar-refractivity contribution is 5.87. The van der Waals surface area contributed by atoms with Gasteiger partial charge in [-0.3, -0.25) is 0 Å². The highest BCUT2D eigenvalue weighted by atomic mass is 19.1. The molecular weight excluding hydrogens is 230 g/mol. The summed E-state index contributed by atoms with van der Waals surface area (Å²) in [4.78, 5) is 11.0. The minimum atomic E-state index is -0.823. The lowest BCUT2D eigenvalue weighted by Gasteiger charge is -2.04. The van der Waals surface area contributed by atoms with Crippen molar-refractivity contribution in [3.8, 4) is 5.75 Å². The molecule has 0 amide bonds. The first-order chi connectivity index (χ1) is 8.08. The first-order valence-corrected chi connectivity index (χ1v) is 4.96. The lowest BCUT2D eigenvalue weighted by Crippen LogP contribution is -1.99. The van der Waals surface area contributed by atoms with Crippen molar-refractivity contribution >= 4 is 12.0 Å². The summed E-state index contributed by atoms with van der Waals surface area (Å²) in [6, 6.07) is 2.13. The summed E-state index contributed by atoms with van der Waals surface area (Å²) < 4.78 is 35.7. The second-order valence-corrected chi connectivity index (χ2v) is 3.10. The van der Waals surface area contributed by atoms with Crippen LogP contribution in [-0.2, 0) is 9.53 Å². The van der Waals surface area contributed by atoms with Crippen LogP contribution in [0.5, 0.6) is 5.75 Å². The third kappa shape index (κ3) is 3.55. The van der Waals surface area contributed by atoms with E-state index in [0.717, 1.165) is 18.2 Å². The smallest absolute Gasteiger partial charge is 0.330 e. The van der Waals surface area contributed by atoms with Crippen molar-refractivity contribution in [1.29, 1.82) is 0 Å². The molecule has 0 unspecified atom stereocenters. The predicted octanol–water partition coefficient (Wildman–Crippen LogP) is 2.55. The molecule has 92 valence electrons. The topological polar surface area (TPSA) is 35.5 Å². The maximum absolute atomic E-state index is 13.3. The van der Waals surface area contributed by atoms with Crippen LogP contribution in [0.3, 0.4) is 0 Å². The first kappa shape index (κ1) is 13.2. The molecule has 0 fully saturated rings. The molecule has 0 spiro atoms. The number of halogens is 2. The second kappa shape index (κ2) is 5.98. The number of carbonyl (C=O) groups is 1. The maximum atomic E-state index is 13.3. The Labute approximate surface area is 97.7 Å². The number of esters is 1. The molecule has 17 heavy (non-hydrogen) atoms. The first-order valence-electron chi connectivity index (χ1n) is 4.96. The highest BCUT2D eigenvalue weighted by Gasteiger charge is 2.10. The van der Waals surface area contributed by atoms with Gasteiger partial charge in [-0.2, -0.15) is 0 Å². The number of benzene rings is 1. The van der Waals surface area contributed by atoms with Crippen LogP contribution < -0.4 is 4.74 Å². The van der Waals surface area contributed by atoms with E-state index in [2.05, 4.69) is 9.47 Å². The van der Waals surface area contributed by atoms with Crippen LogP contribution in [0.25, 0.3) is 6.08 Å². The molecule has 1 aromatic carbocycles. The quantitative estimate of drug-likeness (QED) is 0.601. The average molecular weight is 242 g/mol. The third-order valence-corrected chi connectivity index (χ3v) is 1.92. The summed E-state index contributed by atoms with van der Waals surface area (Å²) in [5.74, 6) is -2.66. The Morgan fingerprint density at radius 1 is 1.35 bits per heavy atom. The SMILES string of the molecule is CCOC(=O)C=Cc1cc(F)c(OC)c(F)c1. The van der Waals surface area contributed by atoms with Crippen molar-refractivity contribution in [3.63, 3.8) is 0 Å². The third-order valence-electron chi connectivity index (χ3n) is 1.92. The number of hydrogen-bond acceptors (Lipinski definition) is 3. The van der Waals surface area contributed by atoms with Crippen LogP contribution in [0.15, 0.2) is 18.2 Å². The van der Waals surface area contributed by atoms with Crippen LogP contribution in [-0.4, -0.2) is 19.7 Å². The zero-order valence-corrected chi connectivity index (χ0v) is 9.50. The summed E-state index contributed by atoms with van der Waals surface area (Å²) in [5.41, 5.74) is 0.217. The van der Waals surface area contributed by atoms with E-state index in [0.29, 0.717) is 0 Å². The van der Waals surface area contributed by atoms with E-state index >= 15 is 0 Å². The zero-order valence-electron chi connectivity index (χ0n) is 9.50. The fourth-order valence-corrected chi connectivity index (χ4v) is 1.23. The molecule has 5 heteroatoms. The molecule has 0 saturated carbocycles.